The SMILES string of the molecule is CCOC(=O)CSC(=NCc1ccccc1)NNC(=O)c1c(C)nc2cc(C)ccn12. The van der Waals surface area contributed by atoms with Crippen LogP contribution in [0.2, 0.25) is 0 Å². The highest BCUT2D eigenvalue weighted by molar-refractivity contribution is 8.14. The fourth-order valence-corrected chi connectivity index (χ4v) is 3.52. The van der Waals surface area contributed by atoms with Gasteiger partial charge in [-0.3, -0.25) is 29.8 Å². The van der Waals surface area contributed by atoms with Gasteiger partial charge in [0.2, 0.25) is 0 Å². The van der Waals surface area contributed by atoms with E-state index in [0.717, 1.165) is 11.1 Å². The standard InChI is InChI=1S/C22H25N5O3S/c1-4-30-19(28)14-31-22(23-13-17-8-6-5-7-9-17)26-25-21(29)20-16(3)24-18-12-15(2)10-11-27(18)20/h5-12H,4,13-14H2,1-3H3,(H,23,26)(H,25,29). The average molecular weight is 440 g/mol. The van der Waals surface area contributed by atoms with Gasteiger partial charge in [0.25, 0.3) is 5.91 Å². The summed E-state index contributed by atoms with van der Waals surface area (Å²) in [5, 5.41) is 0.410. The Morgan fingerprint density at radius 1 is 1.16 bits per heavy atom. The molecule has 1 aromatic carbocycles. The van der Waals surface area contributed by atoms with Crippen LogP contribution in [-0.2, 0) is 16.1 Å². The monoisotopic (exact) mass is 439 g/mol. The van der Waals surface area contributed by atoms with Crippen molar-refractivity contribution in [1.82, 2.24) is 20.2 Å². The second-order valence-electron chi connectivity index (χ2n) is 6.76. The van der Waals surface area contributed by atoms with Crippen molar-refractivity contribution in [2.45, 2.75) is 27.3 Å². The highest BCUT2D eigenvalue weighted by atomic mass is 32.2. The lowest BCUT2D eigenvalue weighted by Gasteiger charge is -2.11. The van der Waals surface area contributed by atoms with Crippen molar-refractivity contribution < 1.29 is 14.3 Å². The van der Waals surface area contributed by atoms with Crippen LogP contribution < -0.4 is 10.9 Å². The largest absolute Gasteiger partial charge is 0.465 e. The first-order valence-corrected chi connectivity index (χ1v) is 10.8. The third-order valence-corrected chi connectivity index (χ3v) is 5.22. The molecule has 0 aliphatic rings. The molecule has 2 N–H and O–H groups in total. The van der Waals surface area contributed by atoms with E-state index in [1.165, 1.54) is 11.8 Å². The number of carbonyl (C=O) groups excluding carboxylic acids is 2. The van der Waals surface area contributed by atoms with Crippen LogP contribution in [0.3, 0.4) is 0 Å². The quantitative estimate of drug-likeness (QED) is 0.265. The fourth-order valence-electron chi connectivity index (χ4n) is 2.90. The minimum Gasteiger partial charge on any atom is -0.465 e. The van der Waals surface area contributed by atoms with E-state index in [1.807, 2.05) is 55.6 Å². The van der Waals surface area contributed by atoms with Crippen LogP contribution in [0.25, 0.3) is 5.65 Å². The summed E-state index contributed by atoms with van der Waals surface area (Å²) in [5.41, 5.74) is 9.34. The summed E-state index contributed by atoms with van der Waals surface area (Å²) in [6, 6.07) is 13.5. The van der Waals surface area contributed by atoms with Crippen LogP contribution in [0.4, 0.5) is 0 Å². The molecule has 0 aliphatic heterocycles. The number of rotatable bonds is 6. The molecule has 0 fully saturated rings. The molecule has 0 saturated heterocycles. The Labute approximate surface area is 185 Å². The number of ether oxygens (including phenoxy) is 1. The lowest BCUT2D eigenvalue weighted by molar-refractivity contribution is -0.139. The van der Waals surface area contributed by atoms with E-state index in [4.69, 9.17) is 4.74 Å². The van der Waals surface area contributed by atoms with Crippen LogP contribution in [0.15, 0.2) is 53.7 Å². The van der Waals surface area contributed by atoms with Gasteiger partial charge in [0.1, 0.15) is 11.3 Å². The second kappa shape index (κ2) is 10.6. The van der Waals surface area contributed by atoms with Crippen LogP contribution in [0.1, 0.15) is 34.2 Å². The number of benzene rings is 1. The number of thioether (sulfide) groups is 1. The molecule has 162 valence electrons. The van der Waals surface area contributed by atoms with Crippen molar-refractivity contribution in [2.24, 2.45) is 4.99 Å². The first-order chi connectivity index (χ1) is 15.0. The van der Waals surface area contributed by atoms with Crippen molar-refractivity contribution in [2.75, 3.05) is 12.4 Å². The Kier molecular flexibility index (Phi) is 7.66. The average Bonchev–Trinajstić information content (AvgIpc) is 3.08. The Bertz CT molecular complexity index is 1100. The minimum absolute atomic E-state index is 0.0816. The molecule has 0 spiro atoms. The molecule has 0 bridgehead atoms. The Hall–Kier alpha value is -3.33. The number of esters is 1. The highest BCUT2D eigenvalue weighted by Gasteiger charge is 2.17. The van der Waals surface area contributed by atoms with Gasteiger partial charge in [0, 0.05) is 6.20 Å². The topological polar surface area (TPSA) is 97.1 Å². The van der Waals surface area contributed by atoms with Gasteiger partial charge >= 0.3 is 5.97 Å². The van der Waals surface area contributed by atoms with Gasteiger partial charge in [-0.2, -0.15) is 0 Å². The summed E-state index contributed by atoms with van der Waals surface area (Å²) in [5.74, 6) is -0.614. The number of carbonyl (C=O) groups is 2. The third kappa shape index (κ3) is 6.08. The Morgan fingerprint density at radius 2 is 1.94 bits per heavy atom. The number of hydrazine groups is 1. The number of aromatic nitrogens is 2. The van der Waals surface area contributed by atoms with Crippen molar-refractivity contribution in [3.05, 3.63) is 71.2 Å². The molecule has 3 aromatic rings. The summed E-state index contributed by atoms with van der Waals surface area (Å²) in [4.78, 5) is 33.6. The van der Waals surface area contributed by atoms with Gasteiger partial charge < -0.3 is 4.74 Å². The number of aliphatic imine (C=N–C) groups is 1. The van der Waals surface area contributed by atoms with Crippen LogP contribution in [-0.4, -0.2) is 38.8 Å². The van der Waals surface area contributed by atoms with Crippen molar-refractivity contribution in [3.63, 3.8) is 0 Å². The summed E-state index contributed by atoms with van der Waals surface area (Å²) < 4.78 is 6.71. The van der Waals surface area contributed by atoms with Gasteiger partial charge in [-0.05, 0) is 44.0 Å². The summed E-state index contributed by atoms with van der Waals surface area (Å²) in [7, 11) is 0. The van der Waals surface area contributed by atoms with Crippen molar-refractivity contribution in [1.29, 1.82) is 0 Å². The number of aryl methyl sites for hydroxylation is 2. The number of hydrogen-bond donors (Lipinski definition) is 2. The minimum atomic E-state index is -0.349. The molecular formula is C22H25N5O3S. The molecule has 0 radical (unpaired) electrons. The molecule has 0 unspecified atom stereocenters. The predicted molar refractivity (Wildman–Crippen MR) is 122 cm³/mol. The van der Waals surface area contributed by atoms with Crippen molar-refractivity contribution in [3.8, 4) is 0 Å². The summed E-state index contributed by atoms with van der Waals surface area (Å²) >= 11 is 1.17. The molecule has 2 aromatic heterocycles. The first kappa shape index (κ1) is 22.4. The van der Waals surface area contributed by atoms with E-state index in [-0.39, 0.29) is 17.6 Å². The van der Waals surface area contributed by atoms with E-state index >= 15 is 0 Å². The van der Waals surface area contributed by atoms with E-state index < -0.39 is 0 Å². The normalized spacial score (nSPS) is 11.4. The smallest absolute Gasteiger partial charge is 0.316 e. The maximum Gasteiger partial charge on any atom is 0.316 e. The highest BCUT2D eigenvalue weighted by Crippen LogP contribution is 2.13. The molecular weight excluding hydrogens is 414 g/mol. The molecule has 31 heavy (non-hydrogen) atoms. The maximum atomic E-state index is 12.9. The number of hydrogen-bond acceptors (Lipinski definition) is 6. The number of amidine groups is 1. The first-order valence-electron chi connectivity index (χ1n) is 9.86. The Balaban J connectivity index is 1.72. The summed E-state index contributed by atoms with van der Waals surface area (Å²) in [6.45, 7) is 6.24. The van der Waals surface area contributed by atoms with E-state index in [0.29, 0.717) is 35.4 Å². The number of imidazole rings is 1. The molecule has 9 heteroatoms. The maximum absolute atomic E-state index is 12.9. The lowest BCUT2D eigenvalue weighted by atomic mass is 10.2. The molecule has 8 nitrogen and oxygen atoms in total. The van der Waals surface area contributed by atoms with E-state index in [9.17, 15) is 9.59 Å². The number of pyridine rings is 1. The Morgan fingerprint density at radius 3 is 2.68 bits per heavy atom. The molecule has 0 atom stereocenters. The fraction of sp³-hybridized carbons (Fsp3) is 0.273. The number of fused-ring (bicyclic) bond motifs is 1. The van der Waals surface area contributed by atoms with Gasteiger partial charge in [0.05, 0.1) is 24.6 Å². The van der Waals surface area contributed by atoms with Crippen LogP contribution in [0.5, 0.6) is 0 Å². The van der Waals surface area contributed by atoms with E-state index in [2.05, 4.69) is 20.8 Å². The number of nitrogens with zero attached hydrogens (tertiary/aromatic N) is 3. The summed E-state index contributed by atoms with van der Waals surface area (Å²) in [6.07, 6.45) is 1.82. The second-order valence-corrected chi connectivity index (χ2v) is 7.72. The van der Waals surface area contributed by atoms with Gasteiger partial charge in [-0.25, -0.2) is 4.98 Å². The molecule has 1 amide bonds. The van der Waals surface area contributed by atoms with E-state index in [1.54, 1.807) is 18.2 Å². The zero-order valence-corrected chi connectivity index (χ0v) is 18.5. The van der Waals surface area contributed by atoms with Crippen LogP contribution >= 0.6 is 11.8 Å². The van der Waals surface area contributed by atoms with Gasteiger partial charge in [-0.1, -0.05) is 42.1 Å². The van der Waals surface area contributed by atoms with Crippen LogP contribution in [0, 0.1) is 13.8 Å². The molecule has 2 heterocycles. The van der Waals surface area contributed by atoms with Gasteiger partial charge in [0.15, 0.2) is 5.17 Å². The zero-order valence-electron chi connectivity index (χ0n) is 17.7. The predicted octanol–water partition coefficient (Wildman–Crippen LogP) is 3.04. The zero-order chi connectivity index (χ0) is 22.2. The third-order valence-electron chi connectivity index (χ3n) is 4.33. The van der Waals surface area contributed by atoms with Crippen molar-refractivity contribution >= 4 is 34.5 Å². The number of amides is 1. The molecule has 0 aliphatic carbocycles. The molecule has 0 saturated carbocycles. The lowest BCUT2D eigenvalue weighted by Crippen LogP contribution is -2.41. The number of nitrogens with one attached hydrogen (secondary N) is 2. The molecule has 3 rings (SSSR count). The van der Waals surface area contributed by atoms with Gasteiger partial charge in [-0.15, -0.1) is 0 Å².